The van der Waals surface area contributed by atoms with Gasteiger partial charge in [0.05, 0.1) is 0 Å². The van der Waals surface area contributed by atoms with Crippen LogP contribution in [0.2, 0.25) is 0 Å². The summed E-state index contributed by atoms with van der Waals surface area (Å²) in [5, 5.41) is 6.87. The zero-order chi connectivity index (χ0) is 14.4. The van der Waals surface area contributed by atoms with Crippen molar-refractivity contribution in [2.24, 2.45) is 0 Å². The molecule has 1 aliphatic carbocycles. The Morgan fingerprint density at radius 1 is 1.20 bits per heavy atom. The molecule has 0 saturated heterocycles. The van der Waals surface area contributed by atoms with E-state index >= 15 is 0 Å². The van der Waals surface area contributed by atoms with Gasteiger partial charge in [0.25, 0.3) is 0 Å². The van der Waals surface area contributed by atoms with E-state index in [4.69, 9.17) is 0 Å². The van der Waals surface area contributed by atoms with Crippen LogP contribution in [0.25, 0.3) is 0 Å². The highest BCUT2D eigenvalue weighted by molar-refractivity contribution is 8.00. The van der Waals surface area contributed by atoms with Gasteiger partial charge in [0.1, 0.15) is 17.5 Å². The normalized spacial score (nSPS) is 16.6. The number of hydrogen-bond donors (Lipinski definition) is 2. The summed E-state index contributed by atoms with van der Waals surface area (Å²) in [6.07, 6.45) is 8.16. The smallest absolute Gasteiger partial charge is 0.132 e. The average Bonchev–Trinajstić information content (AvgIpc) is 2.44. The summed E-state index contributed by atoms with van der Waals surface area (Å²) in [6.45, 7) is 6.21. The fourth-order valence-electron chi connectivity index (χ4n) is 2.37. The molecule has 0 bridgehead atoms. The minimum atomic E-state index is 0.425. The summed E-state index contributed by atoms with van der Waals surface area (Å²) >= 11 is 1.98. The zero-order valence-corrected chi connectivity index (χ0v) is 13.6. The van der Waals surface area contributed by atoms with Crippen LogP contribution >= 0.6 is 11.8 Å². The Kier molecular flexibility index (Phi) is 5.52. The molecular weight excluding hydrogens is 268 g/mol. The number of nitrogens with zero attached hydrogens (tertiary/aromatic N) is 2. The highest BCUT2D eigenvalue weighted by atomic mass is 32.2. The Balaban J connectivity index is 2.02. The van der Waals surface area contributed by atoms with Crippen molar-refractivity contribution in [3.63, 3.8) is 0 Å². The maximum atomic E-state index is 4.58. The van der Waals surface area contributed by atoms with Crippen molar-refractivity contribution in [3.05, 3.63) is 11.9 Å². The summed E-state index contributed by atoms with van der Waals surface area (Å²) in [4.78, 5) is 9.10. The topological polar surface area (TPSA) is 49.8 Å². The number of rotatable bonds is 8. The summed E-state index contributed by atoms with van der Waals surface area (Å²) < 4.78 is 0.425. The number of aryl methyl sites for hydroxylation is 1. The summed E-state index contributed by atoms with van der Waals surface area (Å²) in [5.74, 6) is 2.80. The molecule has 0 atom stereocenters. The second kappa shape index (κ2) is 7.16. The molecule has 0 unspecified atom stereocenters. The molecule has 5 heteroatoms. The molecule has 2 N–H and O–H groups in total. The van der Waals surface area contributed by atoms with Gasteiger partial charge in [0.2, 0.25) is 0 Å². The van der Waals surface area contributed by atoms with Crippen LogP contribution in [0.15, 0.2) is 6.07 Å². The van der Waals surface area contributed by atoms with E-state index in [0.29, 0.717) is 4.75 Å². The Morgan fingerprint density at radius 2 is 1.90 bits per heavy atom. The lowest BCUT2D eigenvalue weighted by atomic mass is 9.84. The molecule has 1 fully saturated rings. The molecule has 1 aromatic rings. The first kappa shape index (κ1) is 15.4. The van der Waals surface area contributed by atoms with E-state index in [1.165, 1.54) is 19.3 Å². The predicted octanol–water partition coefficient (Wildman–Crippen LogP) is 3.56. The number of hydrogen-bond acceptors (Lipinski definition) is 5. The van der Waals surface area contributed by atoms with E-state index in [1.54, 1.807) is 0 Å². The lowest BCUT2D eigenvalue weighted by Crippen LogP contribution is -2.40. The third-order valence-corrected chi connectivity index (χ3v) is 5.35. The van der Waals surface area contributed by atoms with Gasteiger partial charge in [-0.1, -0.05) is 20.3 Å². The van der Waals surface area contributed by atoms with Crippen molar-refractivity contribution in [1.82, 2.24) is 9.97 Å². The second-order valence-electron chi connectivity index (χ2n) is 5.43. The highest BCUT2D eigenvalue weighted by Crippen LogP contribution is 2.42. The van der Waals surface area contributed by atoms with Crippen LogP contribution < -0.4 is 10.6 Å². The maximum Gasteiger partial charge on any atom is 0.132 e. The van der Waals surface area contributed by atoms with Crippen molar-refractivity contribution in [1.29, 1.82) is 0 Å². The SMILES string of the molecule is CCCNc1cc(NCC2(SC)CCC2)nc(CC)n1. The van der Waals surface area contributed by atoms with Crippen LogP contribution in [-0.2, 0) is 6.42 Å². The lowest BCUT2D eigenvalue weighted by Gasteiger charge is -2.40. The first-order chi connectivity index (χ1) is 9.71. The van der Waals surface area contributed by atoms with Gasteiger partial charge in [-0.25, -0.2) is 9.97 Å². The molecule has 0 amide bonds. The van der Waals surface area contributed by atoms with Gasteiger partial charge in [-0.05, 0) is 25.5 Å². The van der Waals surface area contributed by atoms with Gasteiger partial charge in [-0.2, -0.15) is 11.8 Å². The predicted molar refractivity (Wildman–Crippen MR) is 88.8 cm³/mol. The molecule has 1 aromatic heterocycles. The van der Waals surface area contributed by atoms with Crippen LogP contribution in [-0.4, -0.2) is 34.1 Å². The van der Waals surface area contributed by atoms with E-state index < -0.39 is 0 Å². The highest BCUT2D eigenvalue weighted by Gasteiger charge is 2.35. The first-order valence-corrected chi connectivity index (χ1v) is 8.84. The molecule has 4 nitrogen and oxygen atoms in total. The monoisotopic (exact) mass is 294 g/mol. The standard InChI is InChI=1S/C15H26N4S/c1-4-9-16-13-10-14(19-12(5-2)18-13)17-11-15(20-3)7-6-8-15/h10H,4-9,11H2,1-3H3,(H2,16,17,18,19). The fraction of sp³-hybridized carbons (Fsp3) is 0.733. The van der Waals surface area contributed by atoms with Gasteiger partial charge in [-0.3, -0.25) is 0 Å². The molecule has 1 heterocycles. The molecule has 0 spiro atoms. The summed E-state index contributed by atoms with van der Waals surface area (Å²) in [7, 11) is 0. The number of anilines is 2. The third-order valence-electron chi connectivity index (χ3n) is 3.93. The molecule has 20 heavy (non-hydrogen) atoms. The fourth-order valence-corrected chi connectivity index (χ4v) is 3.28. The van der Waals surface area contributed by atoms with Gasteiger partial charge < -0.3 is 10.6 Å². The van der Waals surface area contributed by atoms with Crippen LogP contribution in [0.4, 0.5) is 11.6 Å². The Hall–Kier alpha value is -0.970. The van der Waals surface area contributed by atoms with E-state index in [9.17, 15) is 0 Å². The first-order valence-electron chi connectivity index (χ1n) is 7.62. The van der Waals surface area contributed by atoms with Gasteiger partial charge in [-0.15, -0.1) is 0 Å². The van der Waals surface area contributed by atoms with Crippen molar-refractivity contribution < 1.29 is 0 Å². The molecule has 0 aliphatic heterocycles. The maximum absolute atomic E-state index is 4.58. The zero-order valence-electron chi connectivity index (χ0n) is 12.8. The van der Waals surface area contributed by atoms with Gasteiger partial charge in [0, 0.05) is 30.3 Å². The number of aromatic nitrogens is 2. The molecule has 1 saturated carbocycles. The number of nitrogens with one attached hydrogen (secondary N) is 2. The lowest BCUT2D eigenvalue weighted by molar-refractivity contribution is 0.379. The van der Waals surface area contributed by atoms with Crippen molar-refractivity contribution >= 4 is 23.4 Å². The summed E-state index contributed by atoms with van der Waals surface area (Å²) in [6, 6.07) is 2.03. The Bertz CT molecular complexity index is 426. The second-order valence-corrected chi connectivity index (χ2v) is 6.70. The van der Waals surface area contributed by atoms with Crippen LogP contribution in [0.5, 0.6) is 0 Å². The molecule has 112 valence electrons. The van der Waals surface area contributed by atoms with Crippen molar-refractivity contribution in [3.8, 4) is 0 Å². The van der Waals surface area contributed by atoms with E-state index in [2.05, 4.69) is 40.7 Å². The van der Waals surface area contributed by atoms with Crippen molar-refractivity contribution in [2.45, 2.75) is 50.7 Å². The van der Waals surface area contributed by atoms with E-state index in [-0.39, 0.29) is 0 Å². The largest absolute Gasteiger partial charge is 0.370 e. The quantitative estimate of drug-likeness (QED) is 0.768. The molecule has 2 rings (SSSR count). The van der Waals surface area contributed by atoms with E-state index in [1.807, 2.05) is 17.8 Å². The van der Waals surface area contributed by atoms with Crippen LogP contribution in [0.1, 0.15) is 45.4 Å². The van der Waals surface area contributed by atoms with Gasteiger partial charge in [0.15, 0.2) is 0 Å². The molecule has 0 radical (unpaired) electrons. The third kappa shape index (κ3) is 3.78. The average molecular weight is 294 g/mol. The molecular formula is C15H26N4S. The Labute approximate surface area is 126 Å². The Morgan fingerprint density at radius 3 is 2.40 bits per heavy atom. The minimum absolute atomic E-state index is 0.425. The van der Waals surface area contributed by atoms with Crippen LogP contribution in [0, 0.1) is 0 Å². The number of thioether (sulfide) groups is 1. The molecule has 0 aromatic carbocycles. The van der Waals surface area contributed by atoms with E-state index in [0.717, 1.165) is 43.4 Å². The molecule has 1 aliphatic rings. The van der Waals surface area contributed by atoms with Crippen LogP contribution in [0.3, 0.4) is 0 Å². The minimum Gasteiger partial charge on any atom is -0.370 e. The van der Waals surface area contributed by atoms with Crippen molar-refractivity contribution in [2.75, 3.05) is 30.0 Å². The summed E-state index contributed by atoms with van der Waals surface area (Å²) in [5.41, 5.74) is 0. The van der Waals surface area contributed by atoms with Gasteiger partial charge >= 0.3 is 0 Å².